The topological polar surface area (TPSA) is 117 Å². The Morgan fingerprint density at radius 2 is 1.90 bits per heavy atom. The molecule has 2 heterocycles. The number of amides is 1. The molecule has 1 aliphatic heterocycles. The second kappa shape index (κ2) is 12.3. The van der Waals surface area contributed by atoms with Crippen molar-refractivity contribution in [3.8, 4) is 5.75 Å². The van der Waals surface area contributed by atoms with Crippen molar-refractivity contribution in [1.82, 2.24) is 19.4 Å². The van der Waals surface area contributed by atoms with Crippen LogP contribution in [0.4, 0.5) is 18.9 Å². The predicted molar refractivity (Wildman–Crippen MR) is 149 cm³/mol. The zero-order valence-electron chi connectivity index (χ0n) is 23.7. The highest BCUT2D eigenvalue weighted by Crippen LogP contribution is 2.36. The van der Waals surface area contributed by atoms with E-state index < -0.39 is 39.8 Å². The van der Waals surface area contributed by atoms with Crippen LogP contribution in [0.1, 0.15) is 35.3 Å². The molecule has 1 aromatic heterocycles. The number of rotatable bonds is 9. The van der Waals surface area contributed by atoms with Crippen LogP contribution in [0.2, 0.25) is 0 Å². The van der Waals surface area contributed by atoms with E-state index in [4.69, 9.17) is 4.74 Å². The predicted octanol–water partition coefficient (Wildman–Crippen LogP) is 3.59. The van der Waals surface area contributed by atoms with Gasteiger partial charge in [0.1, 0.15) is 6.10 Å². The number of aromatic nitrogens is 2. The molecule has 0 fully saturated rings. The minimum absolute atomic E-state index is 0.0385. The summed E-state index contributed by atoms with van der Waals surface area (Å²) in [6.07, 6.45) is -2.30. The first-order valence-corrected chi connectivity index (χ1v) is 14.7. The van der Waals surface area contributed by atoms with Gasteiger partial charge >= 0.3 is 6.18 Å². The molecule has 0 saturated heterocycles. The number of nitrogens with zero attached hydrogens (tertiary/aromatic N) is 4. The summed E-state index contributed by atoms with van der Waals surface area (Å²) in [5, 5.41) is 9.67. The average molecular weight is 610 g/mol. The first-order chi connectivity index (χ1) is 19.7. The van der Waals surface area contributed by atoms with Crippen molar-refractivity contribution in [2.45, 2.75) is 43.7 Å². The Labute approximate surface area is 242 Å². The van der Waals surface area contributed by atoms with E-state index in [2.05, 4.69) is 9.71 Å². The smallest absolute Gasteiger partial charge is 0.416 e. The highest BCUT2D eigenvalue weighted by Gasteiger charge is 2.35. The molecule has 0 unspecified atom stereocenters. The van der Waals surface area contributed by atoms with Gasteiger partial charge in [-0.2, -0.15) is 21.6 Å². The number of sulfonamides is 1. The number of aliphatic hydroxyl groups excluding tert-OH is 1. The Morgan fingerprint density at radius 1 is 1.21 bits per heavy atom. The molecule has 14 heteroatoms. The van der Waals surface area contributed by atoms with Crippen molar-refractivity contribution in [2.75, 3.05) is 31.5 Å². The quantitative estimate of drug-likeness (QED) is 0.381. The van der Waals surface area contributed by atoms with E-state index in [-0.39, 0.29) is 41.1 Å². The third-order valence-corrected chi connectivity index (χ3v) is 8.37. The maximum atomic E-state index is 13.6. The second-order valence-corrected chi connectivity index (χ2v) is 12.3. The monoisotopic (exact) mass is 609 g/mol. The van der Waals surface area contributed by atoms with Crippen LogP contribution in [0, 0.1) is 5.92 Å². The lowest BCUT2D eigenvalue weighted by atomic mass is 9.99. The number of fused-ring (bicyclic) bond motifs is 1. The number of aliphatic hydroxyl groups is 1. The SMILES string of the molecule is C[C@H]1CN([C@@H](C)CO)C(=O)c2cccc(NS(=O)(=O)c3cn(C)cn3)c2O[C@@H]1CN(C)Cc1ccc(C(F)(F)F)cc1. The fourth-order valence-electron chi connectivity index (χ4n) is 4.75. The molecule has 0 radical (unpaired) electrons. The summed E-state index contributed by atoms with van der Waals surface area (Å²) in [6.45, 7) is 4.19. The lowest BCUT2D eigenvalue weighted by molar-refractivity contribution is -0.137. The Balaban J connectivity index is 1.66. The fourth-order valence-corrected chi connectivity index (χ4v) is 5.79. The van der Waals surface area contributed by atoms with E-state index in [1.165, 1.54) is 52.3 Å². The Hall–Kier alpha value is -3.62. The van der Waals surface area contributed by atoms with Gasteiger partial charge in [0.05, 0.1) is 35.8 Å². The van der Waals surface area contributed by atoms with Gasteiger partial charge in [-0.3, -0.25) is 14.4 Å². The summed E-state index contributed by atoms with van der Waals surface area (Å²) in [5.41, 5.74) is 0.108. The standard InChI is InChI=1S/C28H34F3N5O5S/c1-18-12-36(19(2)16-37)27(38)22-6-5-7-23(33-42(39,40)25-15-35(4)17-32-25)26(22)41-24(18)14-34(3)13-20-8-10-21(11-9-20)28(29,30)31/h5-11,15,17-19,24,33,37H,12-14,16H2,1-4H3/t18-,19-,24+/m0/s1. The maximum Gasteiger partial charge on any atom is 0.416 e. The molecule has 3 atom stereocenters. The zero-order valence-corrected chi connectivity index (χ0v) is 24.5. The molecular weight excluding hydrogens is 575 g/mol. The molecule has 2 aromatic carbocycles. The number of carbonyl (C=O) groups excluding carboxylic acids is 1. The largest absolute Gasteiger partial charge is 0.486 e. The molecule has 0 aliphatic carbocycles. The molecule has 3 aromatic rings. The molecule has 0 spiro atoms. The summed E-state index contributed by atoms with van der Waals surface area (Å²) < 4.78 is 75.6. The third kappa shape index (κ3) is 7.05. The lowest BCUT2D eigenvalue weighted by Crippen LogP contribution is -2.49. The Kier molecular flexibility index (Phi) is 9.18. The van der Waals surface area contributed by atoms with Crippen molar-refractivity contribution in [3.63, 3.8) is 0 Å². The molecule has 228 valence electrons. The molecule has 1 amide bonds. The second-order valence-electron chi connectivity index (χ2n) is 10.7. The van der Waals surface area contributed by atoms with Crippen molar-refractivity contribution in [3.05, 3.63) is 71.7 Å². The van der Waals surface area contributed by atoms with Gasteiger partial charge in [-0.05, 0) is 43.8 Å². The normalized spacial score (nSPS) is 18.7. The van der Waals surface area contributed by atoms with Crippen LogP contribution in [0.3, 0.4) is 0 Å². The molecule has 2 N–H and O–H groups in total. The number of carbonyl (C=O) groups is 1. The number of halogens is 3. The van der Waals surface area contributed by atoms with Gasteiger partial charge in [0.25, 0.3) is 15.9 Å². The molecular formula is C28H34F3N5O5S. The molecule has 4 rings (SSSR count). The number of anilines is 1. The third-order valence-electron chi connectivity index (χ3n) is 7.12. The number of ether oxygens (including phenoxy) is 1. The van der Waals surface area contributed by atoms with Crippen LogP contribution in [0.15, 0.2) is 60.0 Å². The number of hydrogen-bond acceptors (Lipinski definition) is 7. The summed E-state index contributed by atoms with van der Waals surface area (Å²) in [5.74, 6) is -0.655. The van der Waals surface area contributed by atoms with E-state index in [0.29, 0.717) is 18.7 Å². The number of alkyl halides is 3. The van der Waals surface area contributed by atoms with Gasteiger partial charge < -0.3 is 19.3 Å². The van der Waals surface area contributed by atoms with Crippen molar-refractivity contribution in [1.29, 1.82) is 0 Å². The van der Waals surface area contributed by atoms with Crippen LogP contribution >= 0.6 is 0 Å². The maximum absolute atomic E-state index is 13.6. The van der Waals surface area contributed by atoms with E-state index in [9.17, 15) is 31.5 Å². The number of imidazole rings is 1. The van der Waals surface area contributed by atoms with E-state index in [0.717, 1.165) is 12.1 Å². The summed E-state index contributed by atoms with van der Waals surface area (Å²) in [4.78, 5) is 21.0. The first-order valence-electron chi connectivity index (χ1n) is 13.3. The number of likely N-dealkylation sites (N-methyl/N-ethyl adjacent to an activating group) is 1. The zero-order chi connectivity index (χ0) is 30.8. The van der Waals surface area contributed by atoms with Gasteiger partial charge in [0.15, 0.2) is 10.8 Å². The van der Waals surface area contributed by atoms with Crippen LogP contribution in [0.5, 0.6) is 5.75 Å². The van der Waals surface area contributed by atoms with Crippen molar-refractivity contribution in [2.24, 2.45) is 13.0 Å². The first kappa shape index (κ1) is 31.3. The molecule has 10 nitrogen and oxygen atoms in total. The number of para-hydroxylation sites is 1. The van der Waals surface area contributed by atoms with E-state index in [1.807, 2.05) is 11.8 Å². The van der Waals surface area contributed by atoms with Gasteiger partial charge in [-0.1, -0.05) is 25.1 Å². The summed E-state index contributed by atoms with van der Waals surface area (Å²) >= 11 is 0. The molecule has 1 aliphatic rings. The van der Waals surface area contributed by atoms with Gasteiger partial charge in [0.2, 0.25) is 0 Å². The van der Waals surface area contributed by atoms with Crippen molar-refractivity contribution < 1.29 is 36.2 Å². The highest BCUT2D eigenvalue weighted by atomic mass is 32.2. The van der Waals surface area contributed by atoms with Gasteiger partial charge in [-0.15, -0.1) is 0 Å². The number of benzene rings is 2. The molecule has 42 heavy (non-hydrogen) atoms. The minimum atomic E-state index is -4.43. The lowest BCUT2D eigenvalue weighted by Gasteiger charge is -2.38. The number of nitrogens with one attached hydrogen (secondary N) is 1. The molecule has 0 saturated carbocycles. The minimum Gasteiger partial charge on any atom is -0.486 e. The molecule has 0 bridgehead atoms. The van der Waals surface area contributed by atoms with Crippen LogP contribution < -0.4 is 9.46 Å². The summed E-state index contributed by atoms with van der Waals surface area (Å²) in [6, 6.07) is 8.95. The van der Waals surface area contributed by atoms with Crippen LogP contribution in [-0.2, 0) is 29.8 Å². The van der Waals surface area contributed by atoms with E-state index >= 15 is 0 Å². The van der Waals surface area contributed by atoms with Gasteiger partial charge in [-0.25, -0.2) is 4.98 Å². The average Bonchev–Trinajstić information content (AvgIpc) is 3.37. The van der Waals surface area contributed by atoms with Crippen LogP contribution in [0.25, 0.3) is 0 Å². The van der Waals surface area contributed by atoms with Crippen LogP contribution in [-0.4, -0.2) is 77.7 Å². The summed E-state index contributed by atoms with van der Waals surface area (Å²) in [7, 11) is -0.696. The number of hydrogen-bond donors (Lipinski definition) is 2. The van der Waals surface area contributed by atoms with Gasteiger partial charge in [0, 0.05) is 38.8 Å². The van der Waals surface area contributed by atoms with E-state index in [1.54, 1.807) is 21.0 Å². The fraction of sp³-hybridized carbons (Fsp3) is 0.429. The number of aryl methyl sites for hydroxylation is 1. The Bertz CT molecular complexity index is 1510. The highest BCUT2D eigenvalue weighted by molar-refractivity contribution is 7.92. The Morgan fingerprint density at radius 3 is 2.50 bits per heavy atom. The van der Waals surface area contributed by atoms with Crippen molar-refractivity contribution >= 4 is 21.6 Å².